The van der Waals surface area contributed by atoms with Crippen LogP contribution >= 0.6 is 23.8 Å². The summed E-state index contributed by atoms with van der Waals surface area (Å²) < 4.78 is 6.69. The molecule has 5 nitrogen and oxygen atoms in total. The van der Waals surface area contributed by atoms with Crippen LogP contribution in [0.3, 0.4) is 0 Å². The van der Waals surface area contributed by atoms with Gasteiger partial charge in [-0.25, -0.2) is 0 Å². The zero-order valence-corrected chi connectivity index (χ0v) is 9.73. The predicted octanol–water partition coefficient (Wildman–Crippen LogP) is 2.10. The number of H-pyrrole nitrogens is 1. The van der Waals surface area contributed by atoms with Crippen LogP contribution in [-0.4, -0.2) is 24.4 Å². The van der Waals surface area contributed by atoms with E-state index in [4.69, 9.17) is 12.2 Å². The van der Waals surface area contributed by atoms with E-state index in [0.29, 0.717) is 10.8 Å². The number of aryl methyl sites for hydroxylation is 1. The third-order valence-electron chi connectivity index (χ3n) is 2.47. The van der Waals surface area contributed by atoms with Gasteiger partial charge in [0.25, 0.3) is 0 Å². The van der Waals surface area contributed by atoms with Crippen molar-refractivity contribution in [2.45, 2.75) is 25.8 Å². The van der Waals surface area contributed by atoms with Gasteiger partial charge in [-0.1, -0.05) is 4.49 Å². The van der Waals surface area contributed by atoms with E-state index in [1.165, 1.54) is 24.4 Å². The quantitative estimate of drug-likeness (QED) is 0.815. The Morgan fingerprint density at radius 3 is 2.93 bits per heavy atom. The molecule has 1 N–H and O–H groups in total. The molecule has 0 spiro atoms. The minimum Gasteiger partial charge on any atom is -0.296 e. The fraction of sp³-hybridized carbons (Fsp3) is 0.500. The molecule has 7 heteroatoms. The molecule has 2 aromatic heterocycles. The van der Waals surface area contributed by atoms with Crippen molar-refractivity contribution in [1.29, 1.82) is 0 Å². The van der Waals surface area contributed by atoms with Crippen molar-refractivity contribution in [1.82, 2.24) is 24.4 Å². The number of nitrogens with zero attached hydrogens (tertiary/aromatic N) is 4. The first-order valence-corrected chi connectivity index (χ1v) is 5.92. The van der Waals surface area contributed by atoms with Crippen LogP contribution in [0.5, 0.6) is 0 Å². The van der Waals surface area contributed by atoms with Crippen molar-refractivity contribution < 1.29 is 0 Å². The van der Waals surface area contributed by atoms with Gasteiger partial charge >= 0.3 is 0 Å². The Bertz CT molecular complexity index is 547. The highest BCUT2D eigenvalue weighted by molar-refractivity contribution is 7.71. The Balaban J connectivity index is 2.20. The minimum absolute atomic E-state index is 0.521. The molecule has 0 unspecified atom stereocenters. The first-order chi connectivity index (χ1) is 7.27. The Morgan fingerprint density at radius 2 is 2.33 bits per heavy atom. The average molecular weight is 239 g/mol. The number of aromatic nitrogens is 5. The summed E-state index contributed by atoms with van der Waals surface area (Å²) in [5.41, 5.74) is 0.913. The van der Waals surface area contributed by atoms with Crippen LogP contribution in [0.4, 0.5) is 0 Å². The van der Waals surface area contributed by atoms with Crippen LogP contribution in [0.15, 0.2) is 0 Å². The second kappa shape index (κ2) is 3.21. The molecule has 1 fully saturated rings. The number of nitrogens with one attached hydrogen (secondary N) is 1. The maximum absolute atomic E-state index is 5.22. The maximum atomic E-state index is 5.22. The summed E-state index contributed by atoms with van der Waals surface area (Å²) in [6, 6.07) is 0.521. The van der Waals surface area contributed by atoms with Gasteiger partial charge in [-0.2, -0.15) is 5.10 Å². The highest BCUT2D eigenvalue weighted by atomic mass is 32.1. The summed E-state index contributed by atoms with van der Waals surface area (Å²) in [4.78, 5) is 1.01. The molecule has 78 valence electrons. The highest BCUT2D eigenvalue weighted by Crippen LogP contribution is 2.38. The normalized spacial score (nSPS) is 15.8. The fourth-order valence-corrected chi connectivity index (χ4v) is 2.50. The van der Waals surface area contributed by atoms with Gasteiger partial charge in [-0.05, 0) is 43.5 Å². The van der Waals surface area contributed by atoms with Crippen LogP contribution < -0.4 is 0 Å². The lowest BCUT2D eigenvalue weighted by atomic mass is 10.4. The first-order valence-electron chi connectivity index (χ1n) is 4.73. The Morgan fingerprint density at radius 1 is 1.53 bits per heavy atom. The maximum Gasteiger partial charge on any atom is 0.195 e. The van der Waals surface area contributed by atoms with E-state index in [1.54, 1.807) is 0 Å². The Kier molecular flexibility index (Phi) is 1.96. The molecule has 2 aromatic rings. The predicted molar refractivity (Wildman–Crippen MR) is 59.3 cm³/mol. The van der Waals surface area contributed by atoms with Crippen molar-refractivity contribution >= 4 is 23.8 Å². The fourth-order valence-electron chi connectivity index (χ4n) is 1.57. The summed E-state index contributed by atoms with van der Waals surface area (Å²) in [5, 5.41) is 11.1. The van der Waals surface area contributed by atoms with Gasteiger partial charge in [0.2, 0.25) is 0 Å². The standard InChI is InChI=1S/C8H9N5S2/c1-4-6(15-12-9-4)7-10-11-8(14)13(7)5-2-3-5/h5H,2-3H2,1H3,(H,11,14). The van der Waals surface area contributed by atoms with E-state index in [9.17, 15) is 0 Å². The summed E-state index contributed by atoms with van der Waals surface area (Å²) in [6.45, 7) is 1.94. The van der Waals surface area contributed by atoms with Gasteiger partial charge in [-0.15, -0.1) is 5.10 Å². The average Bonchev–Trinajstić information content (AvgIpc) is 2.85. The third-order valence-corrected chi connectivity index (χ3v) is 3.58. The molecule has 0 aliphatic heterocycles. The van der Waals surface area contributed by atoms with Crippen molar-refractivity contribution in [3.63, 3.8) is 0 Å². The van der Waals surface area contributed by atoms with Gasteiger partial charge in [-0.3, -0.25) is 9.67 Å². The van der Waals surface area contributed by atoms with E-state index in [-0.39, 0.29) is 0 Å². The molecule has 0 bridgehead atoms. The van der Waals surface area contributed by atoms with Crippen LogP contribution in [0.25, 0.3) is 10.7 Å². The molecule has 0 radical (unpaired) electrons. The summed E-state index contributed by atoms with van der Waals surface area (Å²) in [6.07, 6.45) is 2.37. The SMILES string of the molecule is Cc1nnsc1-c1n[nH]c(=S)n1C1CC1. The Labute approximate surface area is 95.3 Å². The van der Waals surface area contributed by atoms with E-state index in [2.05, 4.69) is 24.4 Å². The van der Waals surface area contributed by atoms with E-state index >= 15 is 0 Å². The zero-order valence-electron chi connectivity index (χ0n) is 8.10. The smallest absolute Gasteiger partial charge is 0.195 e. The number of hydrogen-bond donors (Lipinski definition) is 1. The molecule has 0 aromatic carbocycles. The second-order valence-corrected chi connectivity index (χ2v) is 4.78. The molecule has 1 aliphatic carbocycles. The van der Waals surface area contributed by atoms with Crippen molar-refractivity contribution in [2.24, 2.45) is 0 Å². The highest BCUT2D eigenvalue weighted by Gasteiger charge is 2.28. The van der Waals surface area contributed by atoms with E-state index < -0.39 is 0 Å². The molecule has 3 rings (SSSR count). The van der Waals surface area contributed by atoms with Crippen LogP contribution in [0, 0.1) is 11.7 Å². The Hall–Kier alpha value is -1.08. The van der Waals surface area contributed by atoms with Gasteiger partial charge in [0, 0.05) is 6.04 Å². The van der Waals surface area contributed by atoms with Crippen molar-refractivity contribution in [3.8, 4) is 10.7 Å². The molecule has 0 saturated heterocycles. The topological polar surface area (TPSA) is 59.4 Å². The molecule has 1 saturated carbocycles. The molecule has 15 heavy (non-hydrogen) atoms. The van der Waals surface area contributed by atoms with Gasteiger partial charge in [0.1, 0.15) is 4.88 Å². The van der Waals surface area contributed by atoms with Gasteiger partial charge in [0.05, 0.1) is 5.69 Å². The lowest BCUT2D eigenvalue weighted by Gasteiger charge is -2.01. The van der Waals surface area contributed by atoms with Crippen LogP contribution in [-0.2, 0) is 0 Å². The van der Waals surface area contributed by atoms with Gasteiger partial charge < -0.3 is 0 Å². The monoisotopic (exact) mass is 239 g/mol. The summed E-state index contributed by atoms with van der Waals surface area (Å²) in [5.74, 6) is 0.884. The van der Waals surface area contributed by atoms with E-state index in [1.807, 2.05) is 6.92 Å². The molecule has 0 atom stereocenters. The van der Waals surface area contributed by atoms with Crippen LogP contribution in [0.1, 0.15) is 24.6 Å². The lowest BCUT2D eigenvalue weighted by molar-refractivity contribution is 0.735. The molecular formula is C8H9N5S2. The number of aromatic amines is 1. The first kappa shape index (κ1) is 9.17. The minimum atomic E-state index is 0.521. The van der Waals surface area contributed by atoms with Crippen LogP contribution in [0.2, 0.25) is 0 Å². The van der Waals surface area contributed by atoms with E-state index in [0.717, 1.165) is 16.4 Å². The lowest BCUT2D eigenvalue weighted by Crippen LogP contribution is -1.97. The van der Waals surface area contributed by atoms with Crippen molar-refractivity contribution in [2.75, 3.05) is 0 Å². The molecule has 0 amide bonds. The van der Waals surface area contributed by atoms with Crippen molar-refractivity contribution in [3.05, 3.63) is 10.5 Å². The number of rotatable bonds is 2. The molecule has 1 aliphatic rings. The summed E-state index contributed by atoms with van der Waals surface area (Å²) in [7, 11) is 0. The third kappa shape index (κ3) is 1.42. The molecular weight excluding hydrogens is 230 g/mol. The summed E-state index contributed by atoms with van der Waals surface area (Å²) >= 11 is 6.58. The number of hydrogen-bond acceptors (Lipinski definition) is 5. The molecule has 2 heterocycles. The van der Waals surface area contributed by atoms with Gasteiger partial charge in [0.15, 0.2) is 10.6 Å². The zero-order chi connectivity index (χ0) is 10.4. The second-order valence-electron chi connectivity index (χ2n) is 3.64. The largest absolute Gasteiger partial charge is 0.296 e.